The van der Waals surface area contributed by atoms with E-state index in [2.05, 4.69) is 10.5 Å². The summed E-state index contributed by atoms with van der Waals surface area (Å²) in [6, 6.07) is 6.87. The summed E-state index contributed by atoms with van der Waals surface area (Å²) in [4.78, 5) is 22.3. The molecule has 1 aliphatic heterocycles. The molecular weight excluding hydrogens is 364 g/mol. The number of ether oxygens (including phenoxy) is 2. The highest BCUT2D eigenvalue weighted by Gasteiger charge is 2.16. The van der Waals surface area contributed by atoms with E-state index in [1.54, 1.807) is 12.1 Å². The minimum absolute atomic E-state index is 0.0223. The molecule has 0 saturated carbocycles. The Morgan fingerprint density at radius 2 is 2.04 bits per heavy atom. The number of anilines is 1. The van der Waals surface area contributed by atoms with Crippen molar-refractivity contribution >= 4 is 35.1 Å². The summed E-state index contributed by atoms with van der Waals surface area (Å²) in [5.41, 5.74) is 8.28. The fourth-order valence-corrected chi connectivity index (χ4v) is 2.58. The number of halogens is 1. The van der Waals surface area contributed by atoms with Gasteiger partial charge in [0.15, 0.2) is 11.5 Å². The molecule has 2 aromatic carbocycles. The van der Waals surface area contributed by atoms with Gasteiger partial charge in [0.1, 0.15) is 13.2 Å². The number of carbonyl (C=O) groups is 1. The molecule has 0 spiro atoms. The maximum Gasteiger partial charge on any atom is 0.272 e. The maximum absolute atomic E-state index is 12.1. The fourth-order valence-electron chi connectivity index (χ4n) is 2.31. The summed E-state index contributed by atoms with van der Waals surface area (Å²) in [5, 5.41) is 15.0. The van der Waals surface area contributed by atoms with Crippen molar-refractivity contribution in [3.8, 4) is 11.5 Å². The predicted molar refractivity (Wildman–Crippen MR) is 95.0 cm³/mol. The second-order valence-electron chi connectivity index (χ2n) is 5.30. The van der Waals surface area contributed by atoms with Crippen LogP contribution in [0, 0.1) is 10.1 Å². The Balaban J connectivity index is 1.74. The number of amides is 1. The number of nitrogen functional groups attached to an aromatic ring is 1. The van der Waals surface area contributed by atoms with Crippen molar-refractivity contribution in [3.63, 3.8) is 0 Å². The van der Waals surface area contributed by atoms with E-state index in [1.807, 2.05) is 0 Å². The predicted octanol–water partition coefficient (Wildman–Crippen LogP) is 2.37. The SMILES string of the molecule is Nc1cc(C(=O)N/N=C\c2cc(Cl)c3c(c2)OCCO3)cc([N+](=O)[O-])c1. The minimum atomic E-state index is -0.639. The van der Waals surface area contributed by atoms with Crippen LogP contribution >= 0.6 is 11.6 Å². The Labute approximate surface area is 152 Å². The van der Waals surface area contributed by atoms with E-state index in [9.17, 15) is 14.9 Å². The van der Waals surface area contributed by atoms with Gasteiger partial charge < -0.3 is 15.2 Å². The maximum atomic E-state index is 12.1. The quantitative estimate of drug-likeness (QED) is 0.364. The normalized spacial score (nSPS) is 12.8. The molecule has 0 aromatic heterocycles. The summed E-state index contributed by atoms with van der Waals surface area (Å²) in [5.74, 6) is 0.314. The molecule has 2 aromatic rings. The van der Waals surface area contributed by atoms with Crippen LogP contribution in [0.5, 0.6) is 11.5 Å². The number of hydrazone groups is 1. The molecule has 3 rings (SSSR count). The number of nitrogens with two attached hydrogens (primary N) is 1. The van der Waals surface area contributed by atoms with Crippen LogP contribution in [0.25, 0.3) is 0 Å². The molecule has 1 heterocycles. The van der Waals surface area contributed by atoms with Crippen molar-refractivity contribution in [2.75, 3.05) is 18.9 Å². The van der Waals surface area contributed by atoms with Crippen molar-refractivity contribution in [2.24, 2.45) is 5.10 Å². The zero-order valence-electron chi connectivity index (χ0n) is 13.3. The Hall–Kier alpha value is -3.33. The van der Waals surface area contributed by atoms with Crippen LogP contribution < -0.4 is 20.6 Å². The van der Waals surface area contributed by atoms with E-state index in [-0.39, 0.29) is 16.9 Å². The number of fused-ring (bicyclic) bond motifs is 1. The van der Waals surface area contributed by atoms with Gasteiger partial charge in [0.05, 0.1) is 21.7 Å². The second-order valence-corrected chi connectivity index (χ2v) is 5.70. The van der Waals surface area contributed by atoms with Gasteiger partial charge in [-0.1, -0.05) is 11.6 Å². The van der Waals surface area contributed by atoms with Gasteiger partial charge in [0.2, 0.25) is 0 Å². The topological polar surface area (TPSA) is 129 Å². The Bertz CT molecular complexity index is 916. The summed E-state index contributed by atoms with van der Waals surface area (Å²) >= 11 is 6.12. The molecular formula is C16H13ClN4O5. The smallest absolute Gasteiger partial charge is 0.272 e. The fraction of sp³-hybridized carbons (Fsp3) is 0.125. The van der Waals surface area contributed by atoms with E-state index in [0.717, 1.165) is 12.1 Å². The number of nitro benzene ring substituents is 1. The first kappa shape index (κ1) is 17.5. The highest BCUT2D eigenvalue weighted by molar-refractivity contribution is 6.32. The van der Waals surface area contributed by atoms with Crippen molar-refractivity contribution in [1.82, 2.24) is 5.43 Å². The number of non-ortho nitro benzene ring substituents is 1. The molecule has 0 saturated heterocycles. The molecule has 26 heavy (non-hydrogen) atoms. The zero-order chi connectivity index (χ0) is 18.7. The third-order valence-electron chi connectivity index (χ3n) is 3.41. The number of carbonyl (C=O) groups excluding carboxylic acids is 1. The number of hydrogen-bond acceptors (Lipinski definition) is 7. The highest BCUT2D eigenvalue weighted by atomic mass is 35.5. The van der Waals surface area contributed by atoms with Gasteiger partial charge in [-0.15, -0.1) is 0 Å². The Kier molecular flexibility index (Phi) is 4.90. The molecule has 0 radical (unpaired) electrons. The molecule has 0 atom stereocenters. The molecule has 0 fully saturated rings. The number of nitrogens with zero attached hydrogens (tertiary/aromatic N) is 2. The lowest BCUT2D eigenvalue weighted by molar-refractivity contribution is -0.384. The number of hydrogen-bond donors (Lipinski definition) is 2. The Morgan fingerprint density at radius 1 is 1.27 bits per heavy atom. The van der Waals surface area contributed by atoms with Gasteiger partial charge >= 0.3 is 0 Å². The van der Waals surface area contributed by atoms with Gasteiger partial charge in [0, 0.05) is 17.8 Å². The van der Waals surface area contributed by atoms with Crippen LogP contribution in [0.1, 0.15) is 15.9 Å². The summed E-state index contributed by atoms with van der Waals surface area (Å²) in [6.45, 7) is 0.831. The lowest BCUT2D eigenvalue weighted by Gasteiger charge is -2.19. The van der Waals surface area contributed by atoms with Crippen LogP contribution in [0.2, 0.25) is 5.02 Å². The van der Waals surface area contributed by atoms with Gasteiger partial charge in [-0.2, -0.15) is 5.10 Å². The minimum Gasteiger partial charge on any atom is -0.486 e. The van der Waals surface area contributed by atoms with Gasteiger partial charge in [-0.05, 0) is 23.8 Å². The second kappa shape index (κ2) is 7.28. The summed E-state index contributed by atoms with van der Waals surface area (Å²) in [6.07, 6.45) is 1.36. The number of rotatable bonds is 4. The first-order chi connectivity index (χ1) is 12.4. The molecule has 0 bridgehead atoms. The molecule has 0 unspecified atom stereocenters. The summed E-state index contributed by atoms with van der Waals surface area (Å²) < 4.78 is 10.9. The standard InChI is InChI=1S/C16H13ClN4O5/c17-13-3-9(4-14-15(13)26-2-1-25-14)8-19-20-16(22)10-5-11(18)7-12(6-10)21(23)24/h3-8H,1-2,18H2,(H,20,22)/b19-8-. The first-order valence-electron chi connectivity index (χ1n) is 7.41. The molecule has 3 N–H and O–H groups in total. The Morgan fingerprint density at radius 3 is 2.81 bits per heavy atom. The van der Waals surface area contributed by atoms with Crippen LogP contribution in [-0.4, -0.2) is 30.3 Å². The van der Waals surface area contributed by atoms with Crippen LogP contribution in [0.15, 0.2) is 35.4 Å². The van der Waals surface area contributed by atoms with Crippen LogP contribution in [-0.2, 0) is 0 Å². The average Bonchev–Trinajstić information content (AvgIpc) is 2.61. The summed E-state index contributed by atoms with van der Waals surface area (Å²) in [7, 11) is 0. The molecule has 1 aliphatic rings. The average molecular weight is 377 g/mol. The number of nitro groups is 1. The van der Waals surface area contributed by atoms with Crippen molar-refractivity contribution < 1.29 is 19.2 Å². The van der Waals surface area contributed by atoms with Crippen molar-refractivity contribution in [2.45, 2.75) is 0 Å². The van der Waals surface area contributed by atoms with E-state index < -0.39 is 10.8 Å². The monoisotopic (exact) mass is 376 g/mol. The largest absolute Gasteiger partial charge is 0.486 e. The highest BCUT2D eigenvalue weighted by Crippen LogP contribution is 2.37. The van der Waals surface area contributed by atoms with E-state index in [4.69, 9.17) is 26.8 Å². The molecule has 9 nitrogen and oxygen atoms in total. The molecule has 1 amide bonds. The molecule has 0 aliphatic carbocycles. The van der Waals surface area contributed by atoms with Crippen LogP contribution in [0.3, 0.4) is 0 Å². The lowest BCUT2D eigenvalue weighted by Crippen LogP contribution is -2.18. The van der Waals surface area contributed by atoms with E-state index in [0.29, 0.717) is 35.3 Å². The van der Waals surface area contributed by atoms with Gasteiger partial charge in [0.25, 0.3) is 11.6 Å². The first-order valence-corrected chi connectivity index (χ1v) is 7.79. The number of nitrogens with one attached hydrogen (secondary N) is 1. The number of benzene rings is 2. The third kappa shape index (κ3) is 3.83. The zero-order valence-corrected chi connectivity index (χ0v) is 14.0. The van der Waals surface area contributed by atoms with Gasteiger partial charge in [-0.25, -0.2) is 5.43 Å². The lowest BCUT2D eigenvalue weighted by atomic mass is 10.1. The molecule has 134 valence electrons. The van der Waals surface area contributed by atoms with E-state index >= 15 is 0 Å². The van der Waals surface area contributed by atoms with Crippen molar-refractivity contribution in [1.29, 1.82) is 0 Å². The van der Waals surface area contributed by atoms with Crippen LogP contribution in [0.4, 0.5) is 11.4 Å². The van der Waals surface area contributed by atoms with Gasteiger partial charge in [-0.3, -0.25) is 14.9 Å². The van der Waals surface area contributed by atoms with Crippen molar-refractivity contribution in [3.05, 3.63) is 56.6 Å². The third-order valence-corrected chi connectivity index (χ3v) is 3.69. The molecule has 10 heteroatoms. The van der Waals surface area contributed by atoms with E-state index in [1.165, 1.54) is 12.3 Å².